The average molecular weight is 347 g/mol. The van der Waals surface area contributed by atoms with Crippen molar-refractivity contribution in [1.29, 1.82) is 0 Å². The maximum Gasteiger partial charge on any atom is 0.187 e. The quantitative estimate of drug-likeness (QED) is 0.312. The van der Waals surface area contributed by atoms with Gasteiger partial charge >= 0.3 is 0 Å². The van der Waals surface area contributed by atoms with Gasteiger partial charge in [0.15, 0.2) is 5.11 Å². The van der Waals surface area contributed by atoms with Gasteiger partial charge in [-0.1, -0.05) is 24.3 Å². The van der Waals surface area contributed by atoms with Crippen molar-refractivity contribution < 1.29 is 4.74 Å². The molecule has 0 saturated heterocycles. The molecule has 0 spiro atoms. The molecule has 1 aromatic carbocycles. The van der Waals surface area contributed by atoms with Crippen molar-refractivity contribution in [3.63, 3.8) is 0 Å². The minimum absolute atomic E-state index is 0.482. The van der Waals surface area contributed by atoms with Gasteiger partial charge in [-0.3, -0.25) is 5.43 Å². The van der Waals surface area contributed by atoms with E-state index >= 15 is 0 Å². The molecule has 0 aliphatic rings. The third kappa shape index (κ3) is 8.45. The highest BCUT2D eigenvalue weighted by molar-refractivity contribution is 7.80. The number of nitrogens with zero attached hydrogens (tertiary/aromatic N) is 2. The molecule has 6 heteroatoms. The molecule has 0 amide bonds. The van der Waals surface area contributed by atoms with Crippen molar-refractivity contribution in [1.82, 2.24) is 15.6 Å². The van der Waals surface area contributed by atoms with Crippen LogP contribution in [0.25, 0.3) is 6.08 Å². The molecule has 0 aliphatic carbocycles. The molecule has 1 rings (SSSR count). The van der Waals surface area contributed by atoms with E-state index in [1.54, 1.807) is 13.2 Å². The molecular weight excluding hydrogens is 320 g/mol. The Bertz CT molecular complexity index is 579. The van der Waals surface area contributed by atoms with Crippen LogP contribution in [0.2, 0.25) is 0 Å². The fourth-order valence-corrected chi connectivity index (χ4v) is 1.88. The second kappa shape index (κ2) is 11.4. The first-order valence-electron chi connectivity index (χ1n) is 7.73. The summed E-state index contributed by atoms with van der Waals surface area (Å²) in [7, 11) is 5.73. The number of thiocarbonyl (C=S) groups is 1. The standard InChI is InChI=1S/C18H26N4OS/c1-5-13-19-18(24)21-20-16(12-14-22(2)3)9-6-15-7-10-17(23-4)11-8-15/h5-11H,1,12-14H2,2-4H3,(H2,19,21,24)/b9-6?,20-16-. The summed E-state index contributed by atoms with van der Waals surface area (Å²) in [6.45, 7) is 5.15. The zero-order valence-corrected chi connectivity index (χ0v) is 15.4. The van der Waals surface area contributed by atoms with E-state index in [9.17, 15) is 0 Å². The maximum absolute atomic E-state index is 5.17. The molecule has 130 valence electrons. The van der Waals surface area contributed by atoms with Crippen molar-refractivity contribution in [3.05, 3.63) is 48.6 Å². The molecule has 0 unspecified atom stereocenters. The van der Waals surface area contributed by atoms with Gasteiger partial charge in [-0.25, -0.2) is 0 Å². The number of hydrazone groups is 1. The van der Waals surface area contributed by atoms with Crippen LogP contribution in [0, 0.1) is 0 Å². The van der Waals surface area contributed by atoms with Crippen molar-refractivity contribution in [2.45, 2.75) is 6.42 Å². The van der Waals surface area contributed by atoms with Gasteiger partial charge in [-0.2, -0.15) is 5.10 Å². The molecule has 0 aliphatic heterocycles. The van der Waals surface area contributed by atoms with E-state index in [2.05, 4.69) is 27.3 Å². The van der Waals surface area contributed by atoms with Crippen molar-refractivity contribution in [2.24, 2.45) is 5.10 Å². The first-order chi connectivity index (χ1) is 11.5. The van der Waals surface area contributed by atoms with E-state index in [1.807, 2.05) is 50.5 Å². The SMILES string of the molecule is C=CCNC(=S)N/N=C(/C=Cc1ccc(OC)cc1)CCN(C)C. The predicted molar refractivity (Wildman–Crippen MR) is 107 cm³/mol. The highest BCUT2D eigenvalue weighted by atomic mass is 32.1. The number of methoxy groups -OCH3 is 1. The molecule has 2 N–H and O–H groups in total. The van der Waals surface area contributed by atoms with Gasteiger partial charge in [0.05, 0.1) is 12.8 Å². The lowest BCUT2D eigenvalue weighted by Gasteiger charge is -2.10. The molecule has 0 aromatic heterocycles. The van der Waals surface area contributed by atoms with Crippen LogP contribution in [0.15, 0.2) is 48.1 Å². The van der Waals surface area contributed by atoms with E-state index in [4.69, 9.17) is 17.0 Å². The zero-order chi connectivity index (χ0) is 17.8. The maximum atomic E-state index is 5.17. The van der Waals surface area contributed by atoms with Gasteiger partial charge in [0.1, 0.15) is 5.75 Å². The van der Waals surface area contributed by atoms with Crippen LogP contribution >= 0.6 is 12.2 Å². The molecule has 0 saturated carbocycles. The summed E-state index contributed by atoms with van der Waals surface area (Å²) >= 11 is 5.15. The second-order valence-corrected chi connectivity index (χ2v) is 5.78. The van der Waals surface area contributed by atoms with Crippen LogP contribution in [0.1, 0.15) is 12.0 Å². The smallest absolute Gasteiger partial charge is 0.187 e. The van der Waals surface area contributed by atoms with Gasteiger partial charge in [0.2, 0.25) is 0 Å². The van der Waals surface area contributed by atoms with E-state index in [1.165, 1.54) is 0 Å². The van der Waals surface area contributed by atoms with Crippen LogP contribution in [-0.2, 0) is 0 Å². The Morgan fingerprint density at radius 2 is 2.04 bits per heavy atom. The van der Waals surface area contributed by atoms with E-state index in [0.29, 0.717) is 11.7 Å². The summed E-state index contributed by atoms with van der Waals surface area (Å²) in [4.78, 5) is 2.12. The van der Waals surface area contributed by atoms with Crippen LogP contribution < -0.4 is 15.5 Å². The molecule has 0 radical (unpaired) electrons. The largest absolute Gasteiger partial charge is 0.497 e. The fourth-order valence-electron chi connectivity index (χ4n) is 1.75. The molecular formula is C18H26N4OS. The Kier molecular flexibility index (Phi) is 9.41. The van der Waals surface area contributed by atoms with Crippen molar-refractivity contribution in [3.8, 4) is 5.75 Å². The molecule has 24 heavy (non-hydrogen) atoms. The van der Waals surface area contributed by atoms with E-state index in [0.717, 1.165) is 30.0 Å². The number of ether oxygens (including phenoxy) is 1. The normalized spacial score (nSPS) is 11.6. The average Bonchev–Trinajstić information content (AvgIpc) is 2.59. The minimum Gasteiger partial charge on any atom is -0.497 e. The summed E-state index contributed by atoms with van der Waals surface area (Å²) in [5, 5.41) is 7.86. The zero-order valence-electron chi connectivity index (χ0n) is 14.6. The van der Waals surface area contributed by atoms with E-state index in [-0.39, 0.29) is 0 Å². The lowest BCUT2D eigenvalue weighted by Crippen LogP contribution is -2.32. The van der Waals surface area contributed by atoms with E-state index < -0.39 is 0 Å². The monoisotopic (exact) mass is 346 g/mol. The predicted octanol–water partition coefficient (Wildman–Crippen LogP) is 2.67. The van der Waals surface area contributed by atoms with Crippen LogP contribution in [-0.4, -0.2) is 50.0 Å². The summed E-state index contributed by atoms with van der Waals surface area (Å²) < 4.78 is 5.17. The fraction of sp³-hybridized carbons (Fsp3) is 0.333. The minimum atomic E-state index is 0.482. The Labute approximate surface area is 150 Å². The number of benzene rings is 1. The first-order valence-corrected chi connectivity index (χ1v) is 8.14. The molecule has 5 nitrogen and oxygen atoms in total. The van der Waals surface area contributed by atoms with Crippen LogP contribution in [0.4, 0.5) is 0 Å². The highest BCUT2D eigenvalue weighted by Crippen LogP contribution is 2.12. The molecule has 1 aromatic rings. The van der Waals surface area contributed by atoms with Gasteiger partial charge in [-0.15, -0.1) is 6.58 Å². The van der Waals surface area contributed by atoms with Gasteiger partial charge in [-0.05, 0) is 50.1 Å². The molecule has 0 heterocycles. The second-order valence-electron chi connectivity index (χ2n) is 5.37. The third-order valence-corrected chi connectivity index (χ3v) is 3.34. The Morgan fingerprint density at radius 1 is 1.33 bits per heavy atom. The van der Waals surface area contributed by atoms with Crippen molar-refractivity contribution in [2.75, 3.05) is 34.3 Å². The van der Waals surface area contributed by atoms with Crippen LogP contribution in [0.3, 0.4) is 0 Å². The molecule has 0 atom stereocenters. The Morgan fingerprint density at radius 3 is 2.62 bits per heavy atom. The molecule has 0 bridgehead atoms. The number of allylic oxidation sites excluding steroid dienone is 1. The summed E-state index contributed by atoms with van der Waals surface area (Å²) in [6, 6.07) is 7.87. The Balaban J connectivity index is 2.73. The Hall–Kier alpha value is -2.18. The summed E-state index contributed by atoms with van der Waals surface area (Å²) in [6.07, 6.45) is 6.58. The number of rotatable bonds is 9. The lowest BCUT2D eigenvalue weighted by molar-refractivity contribution is 0.415. The van der Waals surface area contributed by atoms with Gasteiger partial charge in [0, 0.05) is 19.5 Å². The lowest BCUT2D eigenvalue weighted by atomic mass is 10.1. The van der Waals surface area contributed by atoms with Crippen molar-refractivity contribution >= 4 is 29.1 Å². The third-order valence-electron chi connectivity index (χ3n) is 3.11. The summed E-state index contributed by atoms with van der Waals surface area (Å²) in [5.41, 5.74) is 4.87. The molecule has 0 fully saturated rings. The number of nitrogens with one attached hydrogen (secondary N) is 2. The first kappa shape index (κ1) is 19.9. The highest BCUT2D eigenvalue weighted by Gasteiger charge is 1.99. The van der Waals surface area contributed by atoms with Gasteiger partial charge < -0.3 is 15.0 Å². The summed E-state index contributed by atoms with van der Waals surface area (Å²) in [5.74, 6) is 0.842. The topological polar surface area (TPSA) is 48.9 Å². The van der Waals surface area contributed by atoms with Gasteiger partial charge in [0.25, 0.3) is 0 Å². The number of hydrogen-bond acceptors (Lipinski definition) is 4. The van der Waals surface area contributed by atoms with Crippen LogP contribution in [0.5, 0.6) is 5.75 Å². The number of hydrogen-bond donors (Lipinski definition) is 2.